The van der Waals surface area contributed by atoms with Gasteiger partial charge in [0.25, 0.3) is 0 Å². The monoisotopic (exact) mass is 622 g/mol. The molecule has 4 aliphatic rings. The summed E-state index contributed by atoms with van der Waals surface area (Å²) >= 11 is 0. The van der Waals surface area contributed by atoms with Crippen molar-refractivity contribution in [2.45, 2.75) is 144 Å². The third-order valence-electron chi connectivity index (χ3n) is 12.6. The average molecular weight is 623 g/mol. The minimum absolute atomic E-state index is 0.0638. The molecular formula is C35H55FO8. The Bertz CT molecular complexity index is 1170. The van der Waals surface area contributed by atoms with Crippen LogP contribution < -0.4 is 0 Å². The van der Waals surface area contributed by atoms with Gasteiger partial charge in [-0.2, -0.15) is 0 Å². The van der Waals surface area contributed by atoms with Crippen LogP contribution >= 0.6 is 0 Å². The normalized spacial score (nSPS) is 43.0. The Kier molecular flexibility index (Phi) is 9.49. The molecule has 0 aromatic rings. The van der Waals surface area contributed by atoms with E-state index in [1.165, 1.54) is 6.92 Å². The lowest BCUT2D eigenvalue weighted by atomic mass is 9.35. The molecule has 11 atom stereocenters. The second-order valence-electron chi connectivity index (χ2n) is 16.0. The molecule has 9 heteroatoms. The lowest BCUT2D eigenvalue weighted by Crippen LogP contribution is -2.72. The number of carbonyl (C=O) groups excluding carboxylic acids is 2. The molecule has 3 N–H and O–H groups in total. The molecule has 0 heterocycles. The summed E-state index contributed by atoms with van der Waals surface area (Å²) in [6.45, 7) is 15.9. The molecule has 0 aromatic heterocycles. The second kappa shape index (κ2) is 12.0. The number of alkyl halides is 1. The summed E-state index contributed by atoms with van der Waals surface area (Å²) in [6, 6.07) is 0. The number of aliphatic hydroxyl groups excluding tert-OH is 2. The Balaban J connectivity index is 1.89. The van der Waals surface area contributed by atoms with E-state index in [1.54, 1.807) is 0 Å². The Hall–Kier alpha value is -2.00. The van der Waals surface area contributed by atoms with E-state index >= 15 is 0 Å². The van der Waals surface area contributed by atoms with E-state index in [2.05, 4.69) is 27.7 Å². The first-order valence-electron chi connectivity index (χ1n) is 16.6. The van der Waals surface area contributed by atoms with Crippen LogP contribution in [0.15, 0.2) is 11.1 Å². The number of halogens is 1. The van der Waals surface area contributed by atoms with Gasteiger partial charge in [0, 0.05) is 23.8 Å². The van der Waals surface area contributed by atoms with Gasteiger partial charge in [-0.05, 0) is 98.9 Å². The average Bonchev–Trinajstić information content (AvgIpc) is 3.18. The molecule has 250 valence electrons. The van der Waals surface area contributed by atoms with E-state index in [4.69, 9.17) is 9.47 Å². The van der Waals surface area contributed by atoms with Crippen molar-refractivity contribution in [3.8, 4) is 0 Å². The van der Waals surface area contributed by atoms with Crippen molar-refractivity contribution in [1.82, 2.24) is 0 Å². The van der Waals surface area contributed by atoms with Crippen molar-refractivity contribution in [2.75, 3.05) is 0 Å². The maximum Gasteiger partial charge on any atom is 0.343 e. The van der Waals surface area contributed by atoms with Gasteiger partial charge in [0.2, 0.25) is 5.67 Å². The highest BCUT2D eigenvalue weighted by Crippen LogP contribution is 2.74. The first-order valence-corrected chi connectivity index (χ1v) is 16.6. The number of carbonyl (C=O) groups is 3. The zero-order chi connectivity index (χ0) is 33.2. The van der Waals surface area contributed by atoms with E-state index < -0.39 is 70.2 Å². The van der Waals surface area contributed by atoms with Gasteiger partial charge in [0.15, 0.2) is 0 Å². The molecule has 0 bridgehead atoms. The van der Waals surface area contributed by atoms with Gasteiger partial charge in [0.05, 0.1) is 12.2 Å². The fourth-order valence-corrected chi connectivity index (χ4v) is 10.4. The summed E-state index contributed by atoms with van der Waals surface area (Å²) in [5.74, 6) is -3.20. The Labute approximate surface area is 262 Å². The van der Waals surface area contributed by atoms with E-state index in [1.807, 2.05) is 13.8 Å². The van der Waals surface area contributed by atoms with Crippen LogP contribution in [0.2, 0.25) is 0 Å². The zero-order valence-electron chi connectivity index (χ0n) is 28.1. The highest BCUT2D eigenvalue weighted by molar-refractivity contribution is 5.88. The van der Waals surface area contributed by atoms with E-state index in [-0.39, 0.29) is 17.8 Å². The highest BCUT2D eigenvalue weighted by Gasteiger charge is 2.74. The van der Waals surface area contributed by atoms with Crippen LogP contribution in [-0.4, -0.2) is 63.3 Å². The van der Waals surface area contributed by atoms with Gasteiger partial charge in [-0.25, -0.2) is 14.0 Å². The molecule has 0 unspecified atom stereocenters. The number of aliphatic carboxylic acids is 1. The molecule has 4 aliphatic carbocycles. The minimum Gasteiger partial charge on any atom is -0.478 e. The predicted molar refractivity (Wildman–Crippen MR) is 163 cm³/mol. The number of hydrogen-bond acceptors (Lipinski definition) is 7. The van der Waals surface area contributed by atoms with E-state index in [0.717, 1.165) is 20.3 Å². The van der Waals surface area contributed by atoms with Crippen molar-refractivity contribution in [2.24, 2.45) is 45.8 Å². The van der Waals surface area contributed by atoms with Crippen LogP contribution in [0.4, 0.5) is 4.39 Å². The van der Waals surface area contributed by atoms with Gasteiger partial charge in [0.1, 0.15) is 12.2 Å². The van der Waals surface area contributed by atoms with Crippen LogP contribution in [0.1, 0.15) is 114 Å². The van der Waals surface area contributed by atoms with Crippen molar-refractivity contribution in [3.05, 3.63) is 11.1 Å². The first-order chi connectivity index (χ1) is 20.2. The summed E-state index contributed by atoms with van der Waals surface area (Å²) in [7, 11) is 0. The maximum absolute atomic E-state index is 14.9. The second-order valence-corrected chi connectivity index (χ2v) is 16.0. The van der Waals surface area contributed by atoms with Gasteiger partial charge >= 0.3 is 17.9 Å². The smallest absolute Gasteiger partial charge is 0.343 e. The zero-order valence-corrected chi connectivity index (χ0v) is 28.1. The molecule has 0 aliphatic heterocycles. The molecule has 4 rings (SSSR count). The van der Waals surface area contributed by atoms with Crippen molar-refractivity contribution < 1.29 is 43.6 Å². The minimum atomic E-state index is -2.28. The lowest BCUT2D eigenvalue weighted by Gasteiger charge is -2.70. The third kappa shape index (κ3) is 5.52. The number of rotatable bonds is 8. The van der Waals surface area contributed by atoms with Crippen LogP contribution in [0.5, 0.6) is 0 Å². The standard InChI is InChI=1S/C35H55FO8/c1-18(2)11-10-12-21(30(40)41)26-22-13-14-25-33(7)16-15-23(38)19(3)27(33)28(44-31(42)32(5,6)36)29(39)35(25,9)34(22,8)17-24(26)43-20(4)37/h18-19,22-25,27-29,38-39H,10-17H2,1-9H3,(H,40,41)/t19-,22+,23-,24+,25+,27-,28-,29+,33-,34+,35-/m1/s1. The number of esters is 2. The molecule has 44 heavy (non-hydrogen) atoms. The predicted octanol–water partition coefficient (Wildman–Crippen LogP) is 6.02. The SMILES string of the molecule is CC(=O)O[C@H]1C[C@@]2(C)[C@@H](CC[C@H]3[C@@]4(C)CC[C@@H](O)[C@@H](C)[C@@H]4[C@@H](OC(=O)C(C)(C)F)[C@H](O)[C@@]32C)C1=C(CCCC(C)C)C(=O)O. The number of aliphatic hydroxyl groups is 2. The fourth-order valence-electron chi connectivity index (χ4n) is 10.4. The molecule has 0 spiro atoms. The summed E-state index contributed by atoms with van der Waals surface area (Å²) in [4.78, 5) is 38.3. The number of carboxylic acids is 1. The van der Waals surface area contributed by atoms with E-state index in [9.17, 15) is 34.1 Å². The summed E-state index contributed by atoms with van der Waals surface area (Å²) in [5.41, 5.74) is -3.44. The number of fused-ring (bicyclic) bond motifs is 5. The van der Waals surface area contributed by atoms with Crippen LogP contribution in [0, 0.1) is 45.8 Å². The van der Waals surface area contributed by atoms with E-state index in [0.29, 0.717) is 62.0 Å². The number of hydrogen-bond donors (Lipinski definition) is 3. The van der Waals surface area contributed by atoms with Crippen LogP contribution in [0.25, 0.3) is 0 Å². The van der Waals surface area contributed by atoms with Gasteiger partial charge in [-0.1, -0.05) is 48.0 Å². The number of ether oxygens (including phenoxy) is 2. The molecule has 0 amide bonds. The quantitative estimate of drug-likeness (QED) is 0.222. The maximum atomic E-state index is 14.9. The summed E-state index contributed by atoms with van der Waals surface area (Å²) < 4.78 is 26.7. The Morgan fingerprint density at radius 1 is 1.07 bits per heavy atom. The van der Waals surface area contributed by atoms with Crippen molar-refractivity contribution in [3.63, 3.8) is 0 Å². The summed E-state index contributed by atoms with van der Waals surface area (Å²) in [6.07, 6.45) is 1.12. The van der Waals surface area contributed by atoms with Gasteiger partial charge in [-0.3, -0.25) is 4.79 Å². The molecule has 4 fully saturated rings. The van der Waals surface area contributed by atoms with Gasteiger partial charge < -0.3 is 24.8 Å². The van der Waals surface area contributed by atoms with Crippen LogP contribution in [0.3, 0.4) is 0 Å². The van der Waals surface area contributed by atoms with Crippen molar-refractivity contribution >= 4 is 17.9 Å². The Morgan fingerprint density at radius 2 is 1.70 bits per heavy atom. The molecule has 4 saturated carbocycles. The van der Waals surface area contributed by atoms with Gasteiger partial charge in [-0.15, -0.1) is 0 Å². The van der Waals surface area contributed by atoms with Crippen molar-refractivity contribution in [1.29, 1.82) is 0 Å². The lowest BCUT2D eigenvalue weighted by molar-refractivity contribution is -0.290. The first kappa shape index (κ1) is 34.9. The fraction of sp³-hybridized carbons (Fsp3) is 0.857. The highest BCUT2D eigenvalue weighted by atomic mass is 19.1. The Morgan fingerprint density at radius 3 is 2.25 bits per heavy atom. The molecule has 0 radical (unpaired) electrons. The topological polar surface area (TPSA) is 130 Å². The molecule has 8 nitrogen and oxygen atoms in total. The number of carboxylic acid groups (broad SMARTS) is 1. The largest absolute Gasteiger partial charge is 0.478 e. The summed E-state index contributed by atoms with van der Waals surface area (Å²) in [5, 5.41) is 33.9. The van der Waals surface area contributed by atoms with Crippen LogP contribution in [-0.2, 0) is 23.9 Å². The molecule has 0 aromatic carbocycles. The molecule has 0 saturated heterocycles. The molecular weight excluding hydrogens is 567 g/mol. The third-order valence-corrected chi connectivity index (χ3v) is 12.6.